The Hall–Kier alpha value is -3.77. The maximum atomic E-state index is 6.07. The van der Waals surface area contributed by atoms with Crippen molar-refractivity contribution >= 4 is 27.8 Å². The summed E-state index contributed by atoms with van der Waals surface area (Å²) >= 11 is 0. The molecular formula is C26H28N6. The lowest BCUT2D eigenvalue weighted by atomic mass is 9.88. The molecule has 0 bridgehead atoms. The number of nitrogen functional groups attached to an aromatic ring is 1. The Kier molecular flexibility index (Phi) is 6.72. The summed E-state index contributed by atoms with van der Waals surface area (Å²) in [5, 5.41) is 17.1. The van der Waals surface area contributed by atoms with E-state index >= 15 is 0 Å². The topological polar surface area (TPSA) is 92.5 Å². The summed E-state index contributed by atoms with van der Waals surface area (Å²) in [5.41, 5.74) is 11.0. The maximum absolute atomic E-state index is 6.07. The Morgan fingerprint density at radius 1 is 1.16 bits per heavy atom. The smallest absolute Gasteiger partial charge is 0.178 e. The molecule has 162 valence electrons. The Balaban J connectivity index is 1.51. The van der Waals surface area contributed by atoms with Crippen LogP contribution >= 0.6 is 0 Å². The number of rotatable bonds is 9. The van der Waals surface area contributed by atoms with Gasteiger partial charge in [-0.3, -0.25) is 0 Å². The van der Waals surface area contributed by atoms with Crippen molar-refractivity contribution < 1.29 is 0 Å². The van der Waals surface area contributed by atoms with E-state index in [1.54, 1.807) is 6.08 Å². The minimum atomic E-state index is 0.131. The van der Waals surface area contributed by atoms with E-state index in [-0.39, 0.29) is 5.92 Å². The van der Waals surface area contributed by atoms with Crippen LogP contribution in [0, 0.1) is 0 Å². The van der Waals surface area contributed by atoms with E-state index in [0.29, 0.717) is 11.5 Å². The summed E-state index contributed by atoms with van der Waals surface area (Å²) in [6.07, 6.45) is 8.69. The molecule has 6 nitrogen and oxygen atoms in total. The fraction of sp³-hybridized carbons (Fsp3) is 0.192. The number of nitrogens with two attached hydrogens (primary N) is 1. The first-order valence-electron chi connectivity index (χ1n) is 10.8. The molecule has 0 aliphatic rings. The monoisotopic (exact) mass is 424 g/mol. The number of nitrogens with one attached hydrogen (secondary N) is 2. The molecule has 2 aromatic carbocycles. The summed E-state index contributed by atoms with van der Waals surface area (Å²) in [6.45, 7) is 7.53. The third-order valence-corrected chi connectivity index (χ3v) is 5.63. The Bertz CT molecular complexity index is 1280. The number of hydrogen-bond acceptors (Lipinski definition) is 5. The molecule has 0 aliphatic carbocycles. The summed E-state index contributed by atoms with van der Waals surface area (Å²) in [7, 11) is 0. The predicted octanol–water partition coefficient (Wildman–Crippen LogP) is 5.04. The number of nitrogens with zero attached hydrogens (tertiary/aromatic N) is 3. The standard InChI is InChI=1S/C26H28N6/c1-3-4-5-8-18(2)22(23-16-24(27)29-26-25(23)30-32-31-26)13-14-28-17-19-11-12-20-9-6-7-10-21(20)15-19/h3-12,15-16,22,28H,1,13-14,17H2,2H3,(H3,27,29,30,31,32)/b5-4-,18-8+. The van der Waals surface area contributed by atoms with Crippen LogP contribution in [-0.4, -0.2) is 26.9 Å². The minimum Gasteiger partial charge on any atom is -0.384 e. The highest BCUT2D eigenvalue weighted by Crippen LogP contribution is 2.32. The lowest BCUT2D eigenvalue weighted by Gasteiger charge is -2.19. The minimum absolute atomic E-state index is 0.131. The van der Waals surface area contributed by atoms with Gasteiger partial charge in [0.15, 0.2) is 5.65 Å². The van der Waals surface area contributed by atoms with Crippen LogP contribution in [-0.2, 0) is 6.54 Å². The van der Waals surface area contributed by atoms with Crippen LogP contribution in [0.25, 0.3) is 21.9 Å². The number of fused-ring (bicyclic) bond motifs is 2. The maximum Gasteiger partial charge on any atom is 0.178 e. The molecule has 0 spiro atoms. The van der Waals surface area contributed by atoms with Crippen LogP contribution in [0.1, 0.15) is 30.4 Å². The van der Waals surface area contributed by atoms with Gasteiger partial charge in [0.2, 0.25) is 0 Å². The molecule has 4 aromatic rings. The molecule has 0 saturated heterocycles. The van der Waals surface area contributed by atoms with E-state index in [1.165, 1.54) is 21.9 Å². The van der Waals surface area contributed by atoms with Gasteiger partial charge in [-0.25, -0.2) is 10.1 Å². The van der Waals surface area contributed by atoms with E-state index in [9.17, 15) is 0 Å². The number of anilines is 1. The van der Waals surface area contributed by atoms with Gasteiger partial charge in [0, 0.05) is 12.5 Å². The van der Waals surface area contributed by atoms with Crippen molar-refractivity contribution in [1.82, 2.24) is 25.7 Å². The van der Waals surface area contributed by atoms with E-state index in [0.717, 1.165) is 30.6 Å². The average molecular weight is 425 g/mol. The van der Waals surface area contributed by atoms with Gasteiger partial charge in [-0.05, 0) is 53.9 Å². The number of H-pyrrole nitrogens is 1. The quantitative estimate of drug-likeness (QED) is 0.259. The van der Waals surface area contributed by atoms with E-state index in [4.69, 9.17) is 5.73 Å². The fourth-order valence-corrected chi connectivity index (χ4v) is 4.01. The molecule has 1 atom stereocenters. The normalized spacial score (nSPS) is 13.2. The van der Waals surface area contributed by atoms with Crippen molar-refractivity contribution in [2.24, 2.45) is 0 Å². The summed E-state index contributed by atoms with van der Waals surface area (Å²) in [6, 6.07) is 16.9. The highest BCUT2D eigenvalue weighted by Gasteiger charge is 2.19. The third-order valence-electron chi connectivity index (χ3n) is 5.63. The Morgan fingerprint density at radius 3 is 2.84 bits per heavy atom. The second-order valence-corrected chi connectivity index (χ2v) is 7.88. The zero-order valence-corrected chi connectivity index (χ0v) is 18.3. The Morgan fingerprint density at radius 2 is 2.00 bits per heavy atom. The van der Waals surface area contributed by atoms with Crippen LogP contribution in [0.5, 0.6) is 0 Å². The second kappa shape index (κ2) is 10.0. The van der Waals surface area contributed by atoms with Gasteiger partial charge in [-0.15, -0.1) is 5.10 Å². The largest absolute Gasteiger partial charge is 0.384 e. The van der Waals surface area contributed by atoms with Crippen molar-refractivity contribution in [1.29, 1.82) is 0 Å². The van der Waals surface area contributed by atoms with Gasteiger partial charge in [0.05, 0.1) is 0 Å². The molecular weight excluding hydrogens is 396 g/mol. The molecule has 0 saturated carbocycles. The molecule has 0 radical (unpaired) electrons. The molecule has 0 amide bonds. The number of hydrogen-bond donors (Lipinski definition) is 3. The van der Waals surface area contributed by atoms with Crippen molar-refractivity contribution in [2.45, 2.75) is 25.8 Å². The van der Waals surface area contributed by atoms with Gasteiger partial charge in [0.1, 0.15) is 11.3 Å². The van der Waals surface area contributed by atoms with Crippen molar-refractivity contribution in [3.63, 3.8) is 0 Å². The van der Waals surface area contributed by atoms with E-state index in [2.05, 4.69) is 87.8 Å². The average Bonchev–Trinajstić information content (AvgIpc) is 3.27. The van der Waals surface area contributed by atoms with Crippen molar-refractivity contribution in [3.8, 4) is 0 Å². The number of aromatic nitrogens is 4. The lowest BCUT2D eigenvalue weighted by Crippen LogP contribution is -2.18. The van der Waals surface area contributed by atoms with Crippen molar-refractivity contribution in [2.75, 3.05) is 12.3 Å². The zero-order chi connectivity index (χ0) is 22.3. The first kappa shape index (κ1) is 21.5. The number of aromatic amines is 1. The number of allylic oxidation sites excluding steroid dienone is 5. The highest BCUT2D eigenvalue weighted by molar-refractivity contribution is 5.83. The number of pyridine rings is 1. The SMILES string of the molecule is C=C/C=C\C=C(/C)C(CCNCc1ccc2ccccc2c1)c1cc(N)nc2[nH]nnc12. The molecule has 1 unspecified atom stereocenters. The van der Waals surface area contributed by atoms with Crippen LogP contribution in [0.15, 0.2) is 85.0 Å². The Labute approximate surface area is 187 Å². The zero-order valence-electron chi connectivity index (χ0n) is 18.3. The van der Waals surface area contributed by atoms with Gasteiger partial charge >= 0.3 is 0 Å². The van der Waals surface area contributed by atoms with Gasteiger partial charge in [-0.2, -0.15) is 0 Å². The third kappa shape index (κ3) is 4.92. The first-order valence-corrected chi connectivity index (χ1v) is 10.8. The summed E-state index contributed by atoms with van der Waals surface area (Å²) in [5.74, 6) is 0.591. The fourth-order valence-electron chi connectivity index (χ4n) is 4.01. The van der Waals surface area contributed by atoms with Crippen molar-refractivity contribution in [3.05, 3.63) is 96.1 Å². The molecule has 2 aromatic heterocycles. The van der Waals surface area contributed by atoms with Gasteiger partial charge < -0.3 is 11.1 Å². The van der Waals surface area contributed by atoms with Crippen LogP contribution < -0.4 is 11.1 Å². The van der Waals surface area contributed by atoms with Gasteiger partial charge in [0.25, 0.3) is 0 Å². The molecule has 0 fully saturated rings. The van der Waals surface area contributed by atoms with E-state index < -0.39 is 0 Å². The predicted molar refractivity (Wildman–Crippen MR) is 132 cm³/mol. The molecule has 4 N–H and O–H groups in total. The van der Waals surface area contributed by atoms with Crippen LogP contribution in [0.3, 0.4) is 0 Å². The van der Waals surface area contributed by atoms with E-state index in [1.807, 2.05) is 18.2 Å². The molecule has 4 rings (SSSR count). The molecule has 2 heterocycles. The van der Waals surface area contributed by atoms with Gasteiger partial charge in [-0.1, -0.05) is 78.1 Å². The first-order chi connectivity index (χ1) is 15.7. The van der Waals surface area contributed by atoms with Crippen LogP contribution in [0.2, 0.25) is 0 Å². The molecule has 32 heavy (non-hydrogen) atoms. The summed E-state index contributed by atoms with van der Waals surface area (Å²) < 4.78 is 0. The molecule has 0 aliphatic heterocycles. The number of benzene rings is 2. The second-order valence-electron chi connectivity index (χ2n) is 7.88. The van der Waals surface area contributed by atoms with Crippen LogP contribution in [0.4, 0.5) is 5.82 Å². The lowest BCUT2D eigenvalue weighted by molar-refractivity contribution is 0.607. The molecule has 6 heteroatoms. The summed E-state index contributed by atoms with van der Waals surface area (Å²) in [4.78, 5) is 4.31. The highest BCUT2D eigenvalue weighted by atomic mass is 15.3.